The van der Waals surface area contributed by atoms with E-state index < -0.39 is 0 Å². The summed E-state index contributed by atoms with van der Waals surface area (Å²) >= 11 is 0. The van der Waals surface area contributed by atoms with Crippen molar-refractivity contribution in [2.75, 3.05) is 13.1 Å². The van der Waals surface area contributed by atoms with Crippen LogP contribution in [0.4, 0.5) is 0 Å². The van der Waals surface area contributed by atoms with Crippen molar-refractivity contribution in [3.63, 3.8) is 0 Å². The van der Waals surface area contributed by atoms with Crippen molar-refractivity contribution < 1.29 is 4.79 Å². The highest BCUT2D eigenvalue weighted by Crippen LogP contribution is 2.30. The van der Waals surface area contributed by atoms with E-state index in [0.717, 1.165) is 41.8 Å². The van der Waals surface area contributed by atoms with E-state index in [9.17, 15) is 4.79 Å². The third-order valence-electron chi connectivity index (χ3n) is 5.03. The maximum absolute atomic E-state index is 13.4. The topological polar surface area (TPSA) is 77.0 Å². The van der Waals surface area contributed by atoms with Crippen molar-refractivity contribution in [1.29, 1.82) is 0 Å². The summed E-state index contributed by atoms with van der Waals surface area (Å²) in [5.74, 6) is 0.282. The lowest BCUT2D eigenvalue weighted by Gasteiger charge is -2.31. The van der Waals surface area contributed by atoms with Gasteiger partial charge in [0.15, 0.2) is 5.65 Å². The molecule has 8 heteroatoms. The molecule has 1 aliphatic rings. The van der Waals surface area contributed by atoms with Gasteiger partial charge in [-0.05, 0) is 52.5 Å². The van der Waals surface area contributed by atoms with Gasteiger partial charge in [-0.15, -0.1) is 24.8 Å². The molecule has 2 aromatic rings. The molecule has 6 nitrogen and oxygen atoms in total. The van der Waals surface area contributed by atoms with E-state index in [1.807, 2.05) is 22.6 Å². The zero-order valence-electron chi connectivity index (χ0n) is 17.7. The van der Waals surface area contributed by atoms with Crippen molar-refractivity contribution in [2.45, 2.75) is 71.9 Å². The van der Waals surface area contributed by atoms with E-state index in [2.05, 4.69) is 34.6 Å². The first-order chi connectivity index (χ1) is 12.1. The Balaban J connectivity index is 0.00000196. The van der Waals surface area contributed by atoms with Crippen LogP contribution in [0.3, 0.4) is 0 Å². The van der Waals surface area contributed by atoms with Gasteiger partial charge in [-0.1, -0.05) is 13.8 Å². The zero-order chi connectivity index (χ0) is 19.2. The van der Waals surface area contributed by atoms with Crippen molar-refractivity contribution in [3.8, 4) is 0 Å². The lowest BCUT2D eigenvalue weighted by atomic mass is 10.0. The summed E-state index contributed by atoms with van der Waals surface area (Å²) in [5.41, 5.74) is 9.17. The van der Waals surface area contributed by atoms with Gasteiger partial charge in [-0.2, -0.15) is 5.10 Å². The average molecular weight is 430 g/mol. The van der Waals surface area contributed by atoms with Gasteiger partial charge in [0, 0.05) is 24.8 Å². The van der Waals surface area contributed by atoms with Gasteiger partial charge in [0.05, 0.1) is 22.2 Å². The standard InChI is InChI=1S/C20H31N5O.2ClH/c1-12(2)16-10-15(19(26)24-9-7-8-14(21)11-24)17-13(3)23-25(18(17)22-16)20(4,5)6;;/h10,12,14H,7-9,11,21H2,1-6H3;2*1H. The molecule has 1 atom stereocenters. The Labute approximate surface area is 180 Å². The number of hydrogen-bond acceptors (Lipinski definition) is 4. The number of carbonyl (C=O) groups excluding carboxylic acids is 1. The summed E-state index contributed by atoms with van der Waals surface area (Å²) in [6.07, 6.45) is 1.94. The Morgan fingerprint density at radius 2 is 1.93 bits per heavy atom. The molecule has 2 N–H and O–H groups in total. The molecule has 0 saturated carbocycles. The first-order valence-corrected chi connectivity index (χ1v) is 9.55. The number of pyridine rings is 1. The molecule has 28 heavy (non-hydrogen) atoms. The molecule has 0 spiro atoms. The minimum absolute atomic E-state index is 0. The number of piperidine rings is 1. The predicted molar refractivity (Wildman–Crippen MR) is 119 cm³/mol. The largest absolute Gasteiger partial charge is 0.337 e. The molecule has 3 rings (SSSR count). The van der Waals surface area contributed by atoms with Crippen LogP contribution < -0.4 is 5.73 Å². The second-order valence-corrected chi connectivity index (χ2v) is 8.77. The van der Waals surface area contributed by atoms with Crippen LogP contribution in [0.1, 0.15) is 75.1 Å². The lowest BCUT2D eigenvalue weighted by molar-refractivity contribution is 0.0710. The second-order valence-electron chi connectivity index (χ2n) is 8.77. The first-order valence-electron chi connectivity index (χ1n) is 9.55. The smallest absolute Gasteiger partial charge is 0.254 e. The summed E-state index contributed by atoms with van der Waals surface area (Å²) in [6, 6.07) is 2.02. The summed E-state index contributed by atoms with van der Waals surface area (Å²) in [6.45, 7) is 13.9. The SMILES string of the molecule is Cc1nn(C(C)(C)C)c2nc(C(C)C)cc(C(=O)N3CCCC(N)C3)c12.Cl.Cl. The van der Waals surface area contributed by atoms with Gasteiger partial charge in [0.25, 0.3) is 5.91 Å². The quantitative estimate of drug-likeness (QED) is 0.781. The fraction of sp³-hybridized carbons (Fsp3) is 0.650. The van der Waals surface area contributed by atoms with Gasteiger partial charge >= 0.3 is 0 Å². The van der Waals surface area contributed by atoms with E-state index in [1.165, 1.54) is 0 Å². The normalized spacial score (nSPS) is 17.4. The minimum atomic E-state index is -0.205. The Morgan fingerprint density at radius 3 is 2.46 bits per heavy atom. The molecule has 0 bridgehead atoms. The van der Waals surface area contributed by atoms with Crippen LogP contribution in [0.5, 0.6) is 0 Å². The highest BCUT2D eigenvalue weighted by Gasteiger charge is 2.28. The Morgan fingerprint density at radius 1 is 1.29 bits per heavy atom. The molecule has 1 saturated heterocycles. The number of aromatic nitrogens is 3. The van der Waals surface area contributed by atoms with E-state index in [1.54, 1.807) is 0 Å². The van der Waals surface area contributed by atoms with Crippen LogP contribution in [0.15, 0.2) is 6.07 Å². The molecule has 2 aromatic heterocycles. The average Bonchev–Trinajstić information content (AvgIpc) is 2.90. The summed E-state index contributed by atoms with van der Waals surface area (Å²) < 4.78 is 1.95. The van der Waals surface area contributed by atoms with E-state index >= 15 is 0 Å². The Bertz CT molecular complexity index is 841. The minimum Gasteiger partial charge on any atom is -0.337 e. The van der Waals surface area contributed by atoms with Crippen LogP contribution in [0.25, 0.3) is 11.0 Å². The van der Waals surface area contributed by atoms with Crippen molar-refractivity contribution >= 4 is 41.8 Å². The molecular formula is C20H33Cl2N5O. The number of nitrogens with two attached hydrogens (primary N) is 1. The number of likely N-dealkylation sites (tertiary alicyclic amines) is 1. The number of hydrogen-bond donors (Lipinski definition) is 1. The van der Waals surface area contributed by atoms with Gasteiger partial charge < -0.3 is 10.6 Å². The van der Waals surface area contributed by atoms with Gasteiger partial charge in [0.2, 0.25) is 0 Å². The van der Waals surface area contributed by atoms with Crippen molar-refractivity contribution in [2.24, 2.45) is 5.73 Å². The molecule has 0 aromatic carbocycles. The molecule has 1 amide bonds. The third kappa shape index (κ3) is 4.61. The number of aryl methyl sites for hydroxylation is 1. The number of carbonyl (C=O) groups is 1. The number of fused-ring (bicyclic) bond motifs is 1. The van der Waals surface area contributed by atoms with E-state index in [4.69, 9.17) is 15.8 Å². The van der Waals surface area contributed by atoms with Crippen LogP contribution in [0, 0.1) is 6.92 Å². The molecule has 0 radical (unpaired) electrons. The molecule has 158 valence electrons. The summed E-state index contributed by atoms with van der Waals surface area (Å²) in [4.78, 5) is 20.1. The van der Waals surface area contributed by atoms with Crippen LogP contribution in [-0.2, 0) is 5.54 Å². The predicted octanol–water partition coefficient (Wildman–Crippen LogP) is 4.03. The Kier molecular flexibility index (Phi) is 7.90. The summed E-state index contributed by atoms with van der Waals surface area (Å²) in [7, 11) is 0. The number of halogens is 2. The fourth-order valence-corrected chi connectivity index (χ4v) is 3.61. The number of rotatable bonds is 2. The zero-order valence-corrected chi connectivity index (χ0v) is 19.3. The number of amides is 1. The van der Waals surface area contributed by atoms with E-state index in [-0.39, 0.29) is 48.2 Å². The highest BCUT2D eigenvalue weighted by molar-refractivity contribution is 6.06. The fourth-order valence-electron chi connectivity index (χ4n) is 3.61. The molecule has 3 heterocycles. The van der Waals surface area contributed by atoms with Crippen molar-refractivity contribution in [3.05, 3.63) is 23.0 Å². The number of nitrogens with zero attached hydrogens (tertiary/aromatic N) is 4. The lowest BCUT2D eigenvalue weighted by Crippen LogP contribution is -2.45. The maximum Gasteiger partial charge on any atom is 0.254 e. The van der Waals surface area contributed by atoms with Crippen molar-refractivity contribution in [1.82, 2.24) is 19.7 Å². The second kappa shape index (κ2) is 8.97. The van der Waals surface area contributed by atoms with Crippen LogP contribution >= 0.6 is 24.8 Å². The van der Waals surface area contributed by atoms with E-state index in [0.29, 0.717) is 12.1 Å². The van der Waals surface area contributed by atoms with Crippen LogP contribution in [-0.4, -0.2) is 44.7 Å². The molecular weight excluding hydrogens is 397 g/mol. The summed E-state index contributed by atoms with van der Waals surface area (Å²) in [5, 5.41) is 5.59. The van der Waals surface area contributed by atoms with Gasteiger partial charge in [-0.3, -0.25) is 4.79 Å². The highest BCUT2D eigenvalue weighted by atomic mass is 35.5. The first kappa shape index (κ1) is 24.7. The van der Waals surface area contributed by atoms with Gasteiger partial charge in [0.1, 0.15) is 0 Å². The maximum atomic E-state index is 13.4. The molecule has 0 aliphatic carbocycles. The third-order valence-corrected chi connectivity index (χ3v) is 5.03. The van der Waals surface area contributed by atoms with Crippen LogP contribution in [0.2, 0.25) is 0 Å². The van der Waals surface area contributed by atoms with Gasteiger partial charge in [-0.25, -0.2) is 9.67 Å². The molecule has 1 fully saturated rings. The molecule has 1 unspecified atom stereocenters. The molecule has 1 aliphatic heterocycles. The Hall–Kier alpha value is -1.37. The monoisotopic (exact) mass is 429 g/mol.